The van der Waals surface area contributed by atoms with Crippen LogP contribution in [0.2, 0.25) is 0 Å². The average Bonchev–Trinajstić information content (AvgIpc) is 3.25. The van der Waals surface area contributed by atoms with Gasteiger partial charge in [0.2, 0.25) is 0 Å². The van der Waals surface area contributed by atoms with Gasteiger partial charge in [-0.2, -0.15) is 4.31 Å². The first-order chi connectivity index (χ1) is 12.0. The third-order valence-corrected chi connectivity index (χ3v) is 6.32. The number of rotatable bonds is 4. The van der Waals surface area contributed by atoms with Gasteiger partial charge in [-0.25, -0.2) is 13.4 Å². The van der Waals surface area contributed by atoms with E-state index >= 15 is 0 Å². The zero-order chi connectivity index (χ0) is 17.4. The van der Waals surface area contributed by atoms with E-state index in [0.717, 1.165) is 16.7 Å². The van der Waals surface area contributed by atoms with Crippen molar-refractivity contribution in [3.63, 3.8) is 0 Å². The molecule has 0 bridgehead atoms. The van der Waals surface area contributed by atoms with Crippen LogP contribution in [0.3, 0.4) is 0 Å². The second-order valence-electron chi connectivity index (χ2n) is 6.29. The summed E-state index contributed by atoms with van der Waals surface area (Å²) in [5.74, 6) is 0.838. The molecule has 0 unspecified atom stereocenters. The predicted molar refractivity (Wildman–Crippen MR) is 93.9 cm³/mol. The van der Waals surface area contributed by atoms with Gasteiger partial charge in [0.05, 0.1) is 6.33 Å². The van der Waals surface area contributed by atoms with Crippen LogP contribution in [0.1, 0.15) is 12.8 Å². The fraction of sp³-hybridized carbons (Fsp3) is 0.353. The Morgan fingerprint density at radius 2 is 2.04 bits per heavy atom. The standard InChI is InChI=1S/C17H20N4O3S/c1-20-11-17(19-12-20)25(22,23)21-9-6-13(7-10-21)24-16-4-2-3-15-14(16)5-8-18-15/h2-5,8,11-13,18H,6-7,9-10H2,1H3. The van der Waals surface area contributed by atoms with Gasteiger partial charge >= 0.3 is 0 Å². The summed E-state index contributed by atoms with van der Waals surface area (Å²) in [5.41, 5.74) is 1.03. The molecule has 3 aromatic rings. The van der Waals surface area contributed by atoms with Gasteiger partial charge < -0.3 is 14.3 Å². The summed E-state index contributed by atoms with van der Waals surface area (Å²) in [6.07, 6.45) is 6.25. The lowest BCUT2D eigenvalue weighted by Crippen LogP contribution is -2.41. The Hall–Kier alpha value is -2.32. The third-order valence-electron chi connectivity index (χ3n) is 4.53. The molecule has 8 heteroatoms. The van der Waals surface area contributed by atoms with E-state index in [4.69, 9.17) is 4.74 Å². The number of fused-ring (bicyclic) bond motifs is 1. The van der Waals surface area contributed by atoms with Crippen molar-refractivity contribution >= 4 is 20.9 Å². The van der Waals surface area contributed by atoms with Crippen LogP contribution < -0.4 is 4.74 Å². The molecule has 4 rings (SSSR count). The Morgan fingerprint density at radius 1 is 1.24 bits per heavy atom. The van der Waals surface area contributed by atoms with E-state index in [1.807, 2.05) is 30.5 Å². The van der Waals surface area contributed by atoms with Gasteiger partial charge in [0, 0.05) is 43.4 Å². The van der Waals surface area contributed by atoms with E-state index < -0.39 is 10.0 Å². The molecule has 0 aliphatic carbocycles. The Bertz CT molecular complexity index is 984. The van der Waals surface area contributed by atoms with Crippen molar-refractivity contribution in [3.8, 4) is 5.75 Å². The van der Waals surface area contributed by atoms with E-state index in [1.54, 1.807) is 11.6 Å². The summed E-state index contributed by atoms with van der Waals surface area (Å²) in [7, 11) is -1.76. The Morgan fingerprint density at radius 3 is 2.76 bits per heavy atom. The number of aryl methyl sites for hydroxylation is 1. The van der Waals surface area contributed by atoms with Gasteiger partial charge in [-0.05, 0) is 31.0 Å². The van der Waals surface area contributed by atoms with Crippen molar-refractivity contribution in [3.05, 3.63) is 43.0 Å². The van der Waals surface area contributed by atoms with Gasteiger partial charge in [-0.15, -0.1) is 0 Å². The summed E-state index contributed by atoms with van der Waals surface area (Å²) in [5, 5.41) is 1.15. The normalized spacial score (nSPS) is 17.2. The summed E-state index contributed by atoms with van der Waals surface area (Å²) in [4.78, 5) is 7.14. The number of hydrogen-bond donors (Lipinski definition) is 1. The Balaban J connectivity index is 1.44. The van der Waals surface area contributed by atoms with E-state index in [2.05, 4.69) is 9.97 Å². The van der Waals surface area contributed by atoms with E-state index in [9.17, 15) is 8.42 Å². The monoisotopic (exact) mass is 360 g/mol. The summed E-state index contributed by atoms with van der Waals surface area (Å²) in [6, 6.07) is 7.90. The molecule has 1 fully saturated rings. The van der Waals surface area contributed by atoms with Gasteiger partial charge in [0.15, 0.2) is 5.03 Å². The number of aromatic nitrogens is 3. The van der Waals surface area contributed by atoms with Crippen molar-refractivity contribution in [1.82, 2.24) is 18.8 Å². The number of nitrogens with zero attached hydrogens (tertiary/aromatic N) is 3. The zero-order valence-electron chi connectivity index (χ0n) is 13.9. The largest absolute Gasteiger partial charge is 0.490 e. The molecule has 0 amide bonds. The average molecular weight is 360 g/mol. The molecule has 1 aromatic carbocycles. The second kappa shape index (κ2) is 6.20. The summed E-state index contributed by atoms with van der Waals surface area (Å²) < 4.78 is 34.5. The third kappa shape index (κ3) is 3.03. The molecule has 1 saturated heterocycles. The molecule has 0 saturated carbocycles. The molecule has 0 spiro atoms. The fourth-order valence-corrected chi connectivity index (χ4v) is 4.62. The number of benzene rings is 1. The minimum Gasteiger partial charge on any atom is -0.490 e. The fourth-order valence-electron chi connectivity index (χ4n) is 3.18. The molecule has 1 aliphatic rings. The first kappa shape index (κ1) is 16.2. The summed E-state index contributed by atoms with van der Waals surface area (Å²) >= 11 is 0. The molecule has 132 valence electrons. The van der Waals surface area contributed by atoms with Crippen LogP contribution in [0.15, 0.2) is 48.0 Å². The first-order valence-corrected chi connectivity index (χ1v) is 9.69. The maximum Gasteiger partial charge on any atom is 0.262 e. The molecular weight excluding hydrogens is 340 g/mol. The molecule has 7 nitrogen and oxygen atoms in total. The van der Waals surface area contributed by atoms with Crippen LogP contribution in [-0.4, -0.2) is 46.5 Å². The van der Waals surface area contributed by atoms with Crippen molar-refractivity contribution in [2.45, 2.75) is 24.0 Å². The predicted octanol–water partition coefficient (Wildman–Crippen LogP) is 2.13. The lowest BCUT2D eigenvalue weighted by Gasteiger charge is -2.31. The number of sulfonamides is 1. The second-order valence-corrected chi connectivity index (χ2v) is 8.18. The molecule has 0 radical (unpaired) electrons. The molecule has 3 heterocycles. The highest BCUT2D eigenvalue weighted by atomic mass is 32.2. The number of ether oxygens (including phenoxy) is 1. The quantitative estimate of drug-likeness (QED) is 0.773. The van der Waals surface area contributed by atoms with Crippen molar-refractivity contribution < 1.29 is 13.2 Å². The van der Waals surface area contributed by atoms with Crippen LogP contribution in [0, 0.1) is 0 Å². The van der Waals surface area contributed by atoms with E-state index in [0.29, 0.717) is 25.9 Å². The number of imidazole rings is 1. The smallest absolute Gasteiger partial charge is 0.262 e. The lowest BCUT2D eigenvalue weighted by atomic mass is 10.1. The minimum absolute atomic E-state index is 0.00989. The highest BCUT2D eigenvalue weighted by molar-refractivity contribution is 7.89. The summed E-state index contributed by atoms with van der Waals surface area (Å²) in [6.45, 7) is 0.874. The van der Waals surface area contributed by atoms with Gasteiger partial charge in [0.1, 0.15) is 11.9 Å². The van der Waals surface area contributed by atoms with Crippen molar-refractivity contribution in [2.75, 3.05) is 13.1 Å². The molecule has 25 heavy (non-hydrogen) atoms. The van der Waals surface area contributed by atoms with Crippen molar-refractivity contribution in [1.29, 1.82) is 0 Å². The number of hydrogen-bond acceptors (Lipinski definition) is 4. The molecule has 0 atom stereocenters. The number of nitrogens with one attached hydrogen (secondary N) is 1. The molecule has 1 aliphatic heterocycles. The Labute approximate surface area is 146 Å². The van der Waals surface area contributed by atoms with Crippen LogP contribution >= 0.6 is 0 Å². The number of aromatic amines is 1. The molecular formula is C17H20N4O3S. The maximum absolute atomic E-state index is 12.6. The van der Waals surface area contributed by atoms with Crippen LogP contribution in [-0.2, 0) is 17.1 Å². The number of piperidine rings is 1. The van der Waals surface area contributed by atoms with Crippen LogP contribution in [0.25, 0.3) is 10.9 Å². The highest BCUT2D eigenvalue weighted by Gasteiger charge is 2.31. The first-order valence-electron chi connectivity index (χ1n) is 8.25. The Kier molecular flexibility index (Phi) is 4.01. The van der Waals surface area contributed by atoms with Crippen molar-refractivity contribution in [2.24, 2.45) is 7.05 Å². The minimum atomic E-state index is -3.52. The lowest BCUT2D eigenvalue weighted by molar-refractivity contribution is 0.136. The van der Waals surface area contributed by atoms with Gasteiger partial charge in [-0.1, -0.05) is 6.07 Å². The molecule has 1 N–H and O–H groups in total. The van der Waals surface area contributed by atoms with E-state index in [-0.39, 0.29) is 11.1 Å². The highest BCUT2D eigenvalue weighted by Crippen LogP contribution is 2.28. The van der Waals surface area contributed by atoms with Crippen LogP contribution in [0.5, 0.6) is 5.75 Å². The zero-order valence-corrected chi connectivity index (χ0v) is 14.7. The van der Waals surface area contributed by atoms with Gasteiger partial charge in [-0.3, -0.25) is 0 Å². The number of H-pyrrole nitrogens is 1. The maximum atomic E-state index is 12.6. The topological polar surface area (TPSA) is 80.2 Å². The van der Waals surface area contributed by atoms with Gasteiger partial charge in [0.25, 0.3) is 10.0 Å². The van der Waals surface area contributed by atoms with E-state index in [1.165, 1.54) is 16.8 Å². The van der Waals surface area contributed by atoms with Crippen LogP contribution in [0.4, 0.5) is 0 Å². The SMILES string of the molecule is Cn1cnc(S(=O)(=O)N2CCC(Oc3cccc4[nH]ccc34)CC2)c1. The molecule has 2 aromatic heterocycles.